The summed E-state index contributed by atoms with van der Waals surface area (Å²) in [6, 6.07) is 15.2. The molecule has 7 heteroatoms. The van der Waals surface area contributed by atoms with Crippen molar-refractivity contribution in [1.82, 2.24) is 4.40 Å². The number of oxazole rings is 1. The van der Waals surface area contributed by atoms with Crippen LogP contribution in [0.15, 0.2) is 63.8 Å². The van der Waals surface area contributed by atoms with Crippen LogP contribution in [0.2, 0.25) is 0 Å². The van der Waals surface area contributed by atoms with Gasteiger partial charge in [0, 0.05) is 5.56 Å². The van der Waals surface area contributed by atoms with E-state index in [9.17, 15) is 14.4 Å². The van der Waals surface area contributed by atoms with Crippen molar-refractivity contribution in [3.8, 4) is 0 Å². The first kappa shape index (κ1) is 18.5. The Morgan fingerprint density at radius 2 is 1.90 bits per heavy atom. The first-order valence-corrected chi connectivity index (χ1v) is 9.12. The van der Waals surface area contributed by atoms with Gasteiger partial charge in [0.25, 0.3) is 11.5 Å². The highest BCUT2D eigenvalue weighted by molar-refractivity contribution is 6.05. The van der Waals surface area contributed by atoms with Crippen molar-refractivity contribution in [2.24, 2.45) is 0 Å². The van der Waals surface area contributed by atoms with Crippen molar-refractivity contribution in [2.45, 2.75) is 13.8 Å². The van der Waals surface area contributed by atoms with Crippen LogP contribution in [0.25, 0.3) is 16.8 Å². The number of amides is 1. The maximum Gasteiger partial charge on any atom is 0.343 e. The number of hydrogen-bond acceptors (Lipinski definition) is 5. The quantitative estimate of drug-likeness (QED) is 0.536. The molecule has 7 nitrogen and oxygen atoms in total. The minimum absolute atomic E-state index is 0.0383. The van der Waals surface area contributed by atoms with E-state index in [1.807, 2.05) is 13.0 Å². The third kappa shape index (κ3) is 3.27. The zero-order chi connectivity index (χ0) is 20.5. The van der Waals surface area contributed by atoms with Gasteiger partial charge in [-0.1, -0.05) is 29.8 Å². The van der Waals surface area contributed by atoms with E-state index in [0.29, 0.717) is 16.7 Å². The molecule has 0 saturated heterocycles. The van der Waals surface area contributed by atoms with Crippen molar-refractivity contribution in [3.63, 3.8) is 0 Å². The second-order valence-electron chi connectivity index (χ2n) is 6.53. The Hall–Kier alpha value is -3.87. The van der Waals surface area contributed by atoms with Crippen LogP contribution in [0.3, 0.4) is 0 Å². The molecule has 0 aliphatic heterocycles. The van der Waals surface area contributed by atoms with Gasteiger partial charge in [0.15, 0.2) is 5.58 Å². The maximum atomic E-state index is 13.1. The maximum absolute atomic E-state index is 13.1. The van der Waals surface area contributed by atoms with Crippen LogP contribution in [-0.2, 0) is 4.74 Å². The lowest BCUT2D eigenvalue weighted by Crippen LogP contribution is -2.24. The Morgan fingerprint density at radius 3 is 2.66 bits per heavy atom. The normalized spacial score (nSPS) is 11.0. The number of esters is 1. The third-order valence-electron chi connectivity index (χ3n) is 4.49. The van der Waals surface area contributed by atoms with Crippen LogP contribution in [-0.4, -0.2) is 22.9 Å². The van der Waals surface area contributed by atoms with Crippen molar-refractivity contribution in [3.05, 3.63) is 81.6 Å². The summed E-state index contributed by atoms with van der Waals surface area (Å²) in [5.41, 5.74) is 1.84. The molecule has 146 valence electrons. The van der Waals surface area contributed by atoms with E-state index >= 15 is 0 Å². The number of aryl methyl sites for hydroxylation is 1. The molecule has 2 heterocycles. The number of aromatic nitrogens is 1. The number of nitrogens with zero attached hydrogens (tertiary/aromatic N) is 1. The first-order chi connectivity index (χ1) is 14.0. The zero-order valence-corrected chi connectivity index (χ0v) is 15.9. The number of ether oxygens (including phenoxy) is 1. The summed E-state index contributed by atoms with van der Waals surface area (Å²) < 4.78 is 12.1. The Balaban J connectivity index is 1.91. The molecule has 0 bridgehead atoms. The van der Waals surface area contributed by atoms with Gasteiger partial charge >= 0.3 is 5.97 Å². The molecule has 0 spiro atoms. The second-order valence-corrected chi connectivity index (χ2v) is 6.53. The van der Waals surface area contributed by atoms with Crippen molar-refractivity contribution in [2.75, 3.05) is 11.9 Å². The summed E-state index contributed by atoms with van der Waals surface area (Å²) >= 11 is 0. The Morgan fingerprint density at radius 1 is 1.10 bits per heavy atom. The summed E-state index contributed by atoms with van der Waals surface area (Å²) in [5, 5.41) is 2.62. The van der Waals surface area contributed by atoms with Gasteiger partial charge < -0.3 is 14.5 Å². The molecule has 0 unspecified atom stereocenters. The lowest BCUT2D eigenvalue weighted by atomic mass is 10.1. The fourth-order valence-electron chi connectivity index (χ4n) is 3.18. The largest absolute Gasteiger partial charge is 0.462 e. The number of benzene rings is 2. The van der Waals surface area contributed by atoms with E-state index < -0.39 is 17.4 Å². The Bertz CT molecular complexity index is 1320. The van der Waals surface area contributed by atoms with E-state index in [1.165, 1.54) is 10.5 Å². The number of rotatable bonds is 4. The fraction of sp³-hybridized carbons (Fsp3) is 0.136. The molecule has 0 atom stereocenters. The predicted octanol–water partition coefficient (Wildman–Crippen LogP) is 3.78. The molecule has 1 N–H and O–H groups in total. The molecule has 4 aromatic rings. The van der Waals surface area contributed by atoms with Crippen LogP contribution in [0.5, 0.6) is 0 Å². The fourth-order valence-corrected chi connectivity index (χ4v) is 3.18. The molecule has 2 aromatic heterocycles. The third-order valence-corrected chi connectivity index (χ3v) is 4.49. The van der Waals surface area contributed by atoms with E-state index in [1.54, 1.807) is 49.4 Å². The summed E-state index contributed by atoms with van der Waals surface area (Å²) in [6.45, 7) is 3.72. The monoisotopic (exact) mass is 390 g/mol. The molecule has 29 heavy (non-hydrogen) atoms. The summed E-state index contributed by atoms with van der Waals surface area (Å²) in [5.74, 6) is -1.09. The molecular weight excluding hydrogens is 372 g/mol. The highest BCUT2D eigenvalue weighted by Crippen LogP contribution is 2.24. The first-order valence-electron chi connectivity index (χ1n) is 9.12. The number of carbonyl (C=O) groups is 2. The number of carbonyl (C=O) groups excluding carboxylic acids is 2. The van der Waals surface area contributed by atoms with E-state index in [2.05, 4.69) is 5.32 Å². The van der Waals surface area contributed by atoms with Gasteiger partial charge in [0.05, 0.1) is 12.1 Å². The van der Waals surface area contributed by atoms with E-state index in [4.69, 9.17) is 9.15 Å². The number of fused-ring (bicyclic) bond motifs is 3. The molecule has 0 fully saturated rings. The smallest absolute Gasteiger partial charge is 0.343 e. The minimum atomic E-state index is -0.643. The van der Waals surface area contributed by atoms with Crippen molar-refractivity contribution in [1.29, 1.82) is 0 Å². The van der Waals surface area contributed by atoms with Gasteiger partial charge in [-0.25, -0.2) is 9.20 Å². The average molecular weight is 390 g/mol. The van der Waals surface area contributed by atoms with Gasteiger partial charge in [-0.15, -0.1) is 0 Å². The molecule has 0 radical (unpaired) electrons. The zero-order valence-electron chi connectivity index (χ0n) is 15.9. The van der Waals surface area contributed by atoms with Crippen molar-refractivity contribution < 1.29 is 18.7 Å². The topological polar surface area (TPSA) is 90.0 Å². The standard InChI is InChI=1S/C22H18N2O5/c1-3-28-22(27)15-12-16(23-19(25)14-8-6-7-13(2)11-14)20(26)24-17-9-4-5-10-18(17)29-21(15)24/h4-12H,3H2,1-2H3,(H,23,25). The SMILES string of the molecule is CCOC(=O)c1cc(NC(=O)c2cccc(C)c2)c(=O)n2c1oc1ccccc12. The molecule has 0 saturated carbocycles. The Kier molecular flexibility index (Phi) is 4.64. The lowest BCUT2D eigenvalue weighted by molar-refractivity contribution is 0.0526. The minimum Gasteiger partial charge on any atom is -0.462 e. The number of hydrogen-bond donors (Lipinski definition) is 1. The number of nitrogens with one attached hydrogen (secondary N) is 1. The average Bonchev–Trinajstić information content (AvgIpc) is 3.10. The van der Waals surface area contributed by atoms with Gasteiger partial charge in [0.2, 0.25) is 5.71 Å². The lowest BCUT2D eigenvalue weighted by Gasteiger charge is -2.09. The number of pyridine rings is 1. The number of anilines is 1. The van der Waals surface area contributed by atoms with Gasteiger partial charge in [-0.05, 0) is 44.2 Å². The highest BCUT2D eigenvalue weighted by atomic mass is 16.5. The highest BCUT2D eigenvalue weighted by Gasteiger charge is 2.22. The molecular formula is C22H18N2O5. The number of para-hydroxylation sites is 2. The Labute approximate surface area is 165 Å². The van der Waals surface area contributed by atoms with Crippen LogP contribution >= 0.6 is 0 Å². The van der Waals surface area contributed by atoms with Crippen LogP contribution in [0.1, 0.15) is 33.2 Å². The van der Waals surface area contributed by atoms with Gasteiger partial charge in [-0.2, -0.15) is 0 Å². The van der Waals surface area contributed by atoms with Crippen LogP contribution in [0, 0.1) is 6.92 Å². The predicted molar refractivity (Wildman–Crippen MR) is 109 cm³/mol. The molecule has 1 amide bonds. The van der Waals surface area contributed by atoms with E-state index in [-0.39, 0.29) is 23.6 Å². The van der Waals surface area contributed by atoms with Crippen molar-refractivity contribution >= 4 is 34.4 Å². The molecule has 0 aliphatic carbocycles. The summed E-state index contributed by atoms with van der Waals surface area (Å²) in [4.78, 5) is 38.3. The van der Waals surface area contributed by atoms with Gasteiger partial charge in [0.1, 0.15) is 11.3 Å². The van der Waals surface area contributed by atoms with Crippen LogP contribution < -0.4 is 10.9 Å². The van der Waals surface area contributed by atoms with E-state index in [0.717, 1.165) is 5.56 Å². The molecule has 4 rings (SSSR count). The van der Waals surface area contributed by atoms with Crippen LogP contribution in [0.4, 0.5) is 5.69 Å². The summed E-state index contributed by atoms with van der Waals surface area (Å²) in [7, 11) is 0. The second kappa shape index (κ2) is 7.27. The van der Waals surface area contributed by atoms with Gasteiger partial charge in [-0.3, -0.25) is 9.59 Å². The molecule has 0 aliphatic rings. The summed E-state index contributed by atoms with van der Waals surface area (Å²) in [6.07, 6.45) is 0. The molecule has 2 aromatic carbocycles.